The van der Waals surface area contributed by atoms with E-state index in [1.807, 2.05) is 0 Å². The number of rotatable bonds is 8. The highest BCUT2D eigenvalue weighted by Gasteiger charge is 2.69. The summed E-state index contributed by atoms with van der Waals surface area (Å²) in [5.74, 6) is -2.47. The van der Waals surface area contributed by atoms with Gasteiger partial charge in [0.05, 0.1) is 0 Å². The van der Waals surface area contributed by atoms with Crippen molar-refractivity contribution < 1.29 is 30.2 Å². The van der Waals surface area contributed by atoms with Gasteiger partial charge in [-0.05, 0) is 88.9 Å². The smallest absolute Gasteiger partial charge is 0.285 e. The van der Waals surface area contributed by atoms with Gasteiger partial charge in [-0.15, -0.1) is 0 Å². The van der Waals surface area contributed by atoms with E-state index in [0.717, 1.165) is 33.1 Å². The number of hydrogen-bond acceptors (Lipinski definition) is 4. The van der Waals surface area contributed by atoms with Crippen molar-refractivity contribution >= 4 is 20.1 Å². The Morgan fingerprint density at radius 2 is 1.38 bits per heavy atom. The van der Waals surface area contributed by atoms with Crippen LogP contribution in [-0.2, 0) is 20.1 Å². The van der Waals surface area contributed by atoms with Crippen molar-refractivity contribution in [3.05, 3.63) is 0 Å². The second kappa shape index (κ2) is 6.84. The second-order valence-corrected chi connectivity index (χ2v) is 14.6. The summed E-state index contributed by atoms with van der Waals surface area (Å²) in [5, 5.41) is 0. The Kier molecular flexibility index (Phi) is 5.50. The number of halogens is 2. The molecule has 170 valence electrons. The Bertz CT molecular complexity index is 834. The predicted octanol–water partition coefficient (Wildman–Crippen LogP) is 3.59. The zero-order valence-corrected chi connectivity index (χ0v) is 19.2. The molecule has 2 N–H and O–H groups in total. The van der Waals surface area contributed by atoms with E-state index in [1.54, 1.807) is 0 Å². The van der Waals surface area contributed by atoms with Crippen LogP contribution in [0, 0.1) is 23.2 Å². The Balaban J connectivity index is 1.84. The van der Waals surface area contributed by atoms with E-state index in [1.165, 1.54) is 26.2 Å². The number of alkyl halides is 2. The first kappa shape index (κ1) is 23.3. The third kappa shape index (κ3) is 3.46. The highest BCUT2D eigenvalue weighted by molar-refractivity contribution is 7.91. The van der Waals surface area contributed by atoms with E-state index < -0.39 is 42.0 Å². The molecule has 0 aromatic rings. The van der Waals surface area contributed by atoms with Gasteiger partial charge in [0.15, 0.2) is 4.75 Å². The lowest BCUT2D eigenvalue weighted by atomic mass is 9.50. The van der Waals surface area contributed by atoms with Gasteiger partial charge >= 0.3 is 0 Å². The standard InChI is InChI=1S/C19H33F2NO5S2/c1-5-17(4,29(25,26)27)19(20,21)16(2,3)28(23,24)22-12-18-9-13-6-14(10-18)8-15(7-13)11-18/h13-15,22H,5-12H2,1-4H3,(H,25,26,27). The van der Waals surface area contributed by atoms with Crippen LogP contribution in [-0.4, -0.2) is 43.3 Å². The van der Waals surface area contributed by atoms with Crippen molar-refractivity contribution in [2.75, 3.05) is 6.54 Å². The van der Waals surface area contributed by atoms with Crippen molar-refractivity contribution in [3.8, 4) is 0 Å². The summed E-state index contributed by atoms with van der Waals surface area (Å²) >= 11 is 0. The van der Waals surface area contributed by atoms with Gasteiger partial charge in [0, 0.05) is 6.54 Å². The zero-order valence-electron chi connectivity index (χ0n) is 17.5. The molecule has 0 aliphatic heterocycles. The van der Waals surface area contributed by atoms with Crippen LogP contribution in [0.5, 0.6) is 0 Å². The maximum atomic E-state index is 15.4. The largest absolute Gasteiger partial charge is 0.289 e. The molecular formula is C19H33F2NO5S2. The van der Waals surface area contributed by atoms with Gasteiger partial charge in [0.2, 0.25) is 10.0 Å². The second-order valence-electron chi connectivity index (χ2n) is 10.4. The molecule has 0 aromatic carbocycles. The highest BCUT2D eigenvalue weighted by Crippen LogP contribution is 2.60. The van der Waals surface area contributed by atoms with E-state index >= 15 is 8.78 Å². The molecule has 0 aromatic heterocycles. The zero-order chi connectivity index (χ0) is 22.1. The summed E-state index contributed by atoms with van der Waals surface area (Å²) in [5.41, 5.74) is -0.190. The predicted molar refractivity (Wildman–Crippen MR) is 107 cm³/mol. The average Bonchev–Trinajstić information content (AvgIpc) is 2.56. The quantitative estimate of drug-likeness (QED) is 0.543. The SMILES string of the molecule is CCC(C)(C(F)(F)C(C)(C)S(=O)(=O)NCC12CC3CC(CC(C3)C1)C2)S(=O)(=O)O. The maximum absolute atomic E-state index is 15.4. The molecule has 4 rings (SSSR count). The molecule has 0 spiro atoms. The summed E-state index contributed by atoms with van der Waals surface area (Å²) in [6.07, 6.45) is 5.64. The van der Waals surface area contributed by atoms with Gasteiger partial charge in [0.1, 0.15) is 4.75 Å². The fourth-order valence-electron chi connectivity index (χ4n) is 6.31. The van der Waals surface area contributed by atoms with Crippen LogP contribution >= 0.6 is 0 Å². The Morgan fingerprint density at radius 1 is 0.966 bits per heavy atom. The Hall–Kier alpha value is -0.320. The summed E-state index contributed by atoms with van der Waals surface area (Å²) in [6.45, 7) is 3.64. The third-order valence-corrected chi connectivity index (χ3v) is 11.9. The molecule has 4 aliphatic carbocycles. The topological polar surface area (TPSA) is 101 Å². The molecule has 1 unspecified atom stereocenters. The van der Waals surface area contributed by atoms with E-state index in [-0.39, 0.29) is 12.0 Å². The minimum absolute atomic E-state index is 0.104. The van der Waals surface area contributed by atoms with Crippen LogP contribution < -0.4 is 4.72 Å². The van der Waals surface area contributed by atoms with Gasteiger partial charge < -0.3 is 0 Å². The van der Waals surface area contributed by atoms with Crippen LogP contribution in [0.15, 0.2) is 0 Å². The maximum Gasteiger partial charge on any atom is 0.289 e. The first-order valence-corrected chi connectivity index (χ1v) is 13.3. The van der Waals surface area contributed by atoms with Crippen molar-refractivity contribution in [2.45, 2.75) is 88.1 Å². The molecule has 4 saturated carbocycles. The first-order valence-electron chi connectivity index (χ1n) is 10.3. The molecule has 0 radical (unpaired) electrons. The summed E-state index contributed by atoms with van der Waals surface area (Å²) in [4.78, 5) is 0. The molecule has 0 saturated heterocycles. The highest BCUT2D eigenvalue weighted by atomic mass is 32.2. The molecule has 4 bridgehead atoms. The fourth-order valence-corrected chi connectivity index (χ4v) is 8.74. The van der Waals surface area contributed by atoms with Crippen LogP contribution in [0.1, 0.15) is 72.6 Å². The van der Waals surface area contributed by atoms with Gasteiger partial charge in [-0.2, -0.15) is 8.42 Å². The third-order valence-electron chi connectivity index (χ3n) is 8.14. The fraction of sp³-hybridized carbons (Fsp3) is 1.00. The van der Waals surface area contributed by atoms with Gasteiger partial charge in [0.25, 0.3) is 16.0 Å². The lowest BCUT2D eigenvalue weighted by Crippen LogP contribution is -2.66. The van der Waals surface area contributed by atoms with E-state index in [2.05, 4.69) is 4.72 Å². The lowest BCUT2D eigenvalue weighted by Gasteiger charge is -2.57. The van der Waals surface area contributed by atoms with Gasteiger partial charge in [-0.3, -0.25) is 4.55 Å². The van der Waals surface area contributed by atoms with Crippen molar-refractivity contribution in [1.82, 2.24) is 4.72 Å². The summed E-state index contributed by atoms with van der Waals surface area (Å²) in [7, 11) is -9.80. The van der Waals surface area contributed by atoms with Crippen LogP contribution in [0.3, 0.4) is 0 Å². The van der Waals surface area contributed by atoms with E-state index in [9.17, 15) is 21.4 Å². The van der Waals surface area contributed by atoms with Gasteiger partial charge in [-0.25, -0.2) is 21.9 Å². The summed E-state index contributed by atoms with van der Waals surface area (Å²) in [6, 6.07) is 0. The van der Waals surface area contributed by atoms with Crippen molar-refractivity contribution in [2.24, 2.45) is 23.2 Å². The molecule has 10 heteroatoms. The molecule has 0 amide bonds. The Morgan fingerprint density at radius 3 is 1.72 bits per heavy atom. The number of sulfonamides is 1. The molecule has 0 heterocycles. The molecule has 4 fully saturated rings. The van der Waals surface area contributed by atoms with Crippen molar-refractivity contribution in [1.29, 1.82) is 0 Å². The average molecular weight is 458 g/mol. The van der Waals surface area contributed by atoms with Crippen molar-refractivity contribution in [3.63, 3.8) is 0 Å². The Labute approximate surface area is 173 Å². The van der Waals surface area contributed by atoms with Crippen LogP contribution in [0.4, 0.5) is 8.78 Å². The lowest BCUT2D eigenvalue weighted by molar-refractivity contribution is -0.0711. The van der Waals surface area contributed by atoms with Crippen LogP contribution in [0.2, 0.25) is 0 Å². The van der Waals surface area contributed by atoms with E-state index in [4.69, 9.17) is 0 Å². The monoisotopic (exact) mass is 457 g/mol. The molecule has 29 heavy (non-hydrogen) atoms. The molecule has 4 aliphatic rings. The molecular weight excluding hydrogens is 424 g/mol. The molecule has 6 nitrogen and oxygen atoms in total. The van der Waals surface area contributed by atoms with Crippen LogP contribution in [0.25, 0.3) is 0 Å². The minimum Gasteiger partial charge on any atom is -0.285 e. The summed E-state index contributed by atoms with van der Waals surface area (Å²) < 4.78 is 86.5. The number of hydrogen-bond donors (Lipinski definition) is 2. The number of nitrogens with one attached hydrogen (secondary N) is 1. The van der Waals surface area contributed by atoms with Gasteiger partial charge in [-0.1, -0.05) is 6.92 Å². The first-order chi connectivity index (χ1) is 13.0. The molecule has 1 atom stereocenters. The minimum atomic E-state index is -5.21. The normalized spacial score (nSPS) is 34.9. The van der Waals surface area contributed by atoms with E-state index in [0.29, 0.717) is 24.7 Å².